The lowest BCUT2D eigenvalue weighted by Crippen LogP contribution is -2.31. The van der Waals surface area contributed by atoms with Crippen LogP contribution < -0.4 is 19.8 Å². The smallest absolute Gasteiger partial charge is 0.271 e. The van der Waals surface area contributed by atoms with Crippen molar-refractivity contribution in [1.82, 2.24) is 10.7 Å². The van der Waals surface area contributed by atoms with E-state index in [9.17, 15) is 18.0 Å². The molecule has 9 nitrogen and oxygen atoms in total. The first kappa shape index (κ1) is 34.9. The van der Waals surface area contributed by atoms with Crippen LogP contribution in [0, 0.1) is 6.92 Å². The molecular weight excluding hydrogens is 660 g/mol. The molecule has 250 valence electrons. The number of sulfonamides is 1. The third-order valence-electron chi connectivity index (χ3n) is 7.52. The molecule has 0 spiro atoms. The fourth-order valence-electron chi connectivity index (χ4n) is 4.87. The fourth-order valence-corrected chi connectivity index (χ4v) is 6.57. The van der Waals surface area contributed by atoms with Gasteiger partial charge in [-0.2, -0.15) is 5.10 Å². The average Bonchev–Trinajstić information content (AvgIpc) is 3.12. The molecule has 5 aromatic rings. The molecule has 0 aliphatic carbocycles. The number of benzene rings is 5. The Labute approximate surface area is 291 Å². The minimum atomic E-state index is -3.93. The number of hydrogen-bond acceptors (Lipinski definition) is 6. The average molecular weight is 695 g/mol. The molecule has 0 atom stereocenters. The van der Waals surface area contributed by atoms with Crippen molar-refractivity contribution in [3.05, 3.63) is 160 Å². The van der Waals surface area contributed by atoms with E-state index in [-0.39, 0.29) is 24.0 Å². The van der Waals surface area contributed by atoms with Crippen molar-refractivity contribution in [1.29, 1.82) is 0 Å². The van der Waals surface area contributed by atoms with Crippen LogP contribution in [0.1, 0.15) is 32.6 Å². The summed E-state index contributed by atoms with van der Waals surface area (Å²) < 4.78 is 34.4. The van der Waals surface area contributed by atoms with Crippen molar-refractivity contribution in [2.75, 3.05) is 17.5 Å². The zero-order valence-corrected chi connectivity index (χ0v) is 28.3. The van der Waals surface area contributed by atoms with Crippen molar-refractivity contribution >= 4 is 45.3 Å². The second-order valence-electron chi connectivity index (χ2n) is 11.1. The second-order valence-corrected chi connectivity index (χ2v) is 13.4. The minimum Gasteiger partial charge on any atom is -0.484 e. The lowest BCUT2D eigenvalue weighted by molar-refractivity contribution is -0.123. The number of hydrazone groups is 1. The van der Waals surface area contributed by atoms with Crippen molar-refractivity contribution in [2.24, 2.45) is 5.10 Å². The van der Waals surface area contributed by atoms with Crippen LogP contribution in [0.15, 0.2) is 137 Å². The summed E-state index contributed by atoms with van der Waals surface area (Å²) in [5, 5.41) is 7.30. The summed E-state index contributed by atoms with van der Waals surface area (Å²) >= 11 is 6.26. The van der Waals surface area contributed by atoms with Crippen molar-refractivity contribution < 1.29 is 22.7 Å². The van der Waals surface area contributed by atoms with Gasteiger partial charge in [0.15, 0.2) is 6.61 Å². The highest BCUT2D eigenvalue weighted by atomic mass is 35.5. The van der Waals surface area contributed by atoms with Crippen molar-refractivity contribution in [3.8, 4) is 5.75 Å². The van der Waals surface area contributed by atoms with Gasteiger partial charge in [0.1, 0.15) is 5.75 Å². The largest absolute Gasteiger partial charge is 0.484 e. The third-order valence-corrected chi connectivity index (χ3v) is 9.53. The molecule has 0 fully saturated rings. The summed E-state index contributed by atoms with van der Waals surface area (Å²) in [5.74, 6) is -0.108. The summed E-state index contributed by atoms with van der Waals surface area (Å²) in [7, 11) is -3.93. The maximum atomic E-state index is 13.7. The van der Waals surface area contributed by atoms with E-state index in [0.717, 1.165) is 17.5 Å². The van der Waals surface area contributed by atoms with E-state index in [0.29, 0.717) is 39.7 Å². The van der Waals surface area contributed by atoms with E-state index in [1.54, 1.807) is 97.1 Å². The molecule has 49 heavy (non-hydrogen) atoms. The van der Waals surface area contributed by atoms with Gasteiger partial charge in [-0.25, -0.2) is 13.8 Å². The van der Waals surface area contributed by atoms with E-state index in [1.807, 2.05) is 37.3 Å². The normalized spacial score (nSPS) is 11.2. The Hall–Kier alpha value is -5.45. The van der Waals surface area contributed by atoms with Gasteiger partial charge in [0.2, 0.25) is 0 Å². The number of aryl methyl sites for hydroxylation is 1. The standard InChI is InChI=1S/C38H35ClN4O5S/c1-28-12-19-33(39)24-36(28)43(49(46,47)35-10-6-3-7-11-35)26-31-13-17-32(18-14-31)38(45)42-41-25-30-15-20-34(21-16-30)48-27-37(44)40-23-22-29-8-4-2-5-9-29/h2-21,24-25H,22-23,26-27H2,1H3,(H,40,44)(H,42,45)/b41-25-. The summed E-state index contributed by atoms with van der Waals surface area (Å²) in [5.41, 5.74) is 6.60. The highest BCUT2D eigenvalue weighted by molar-refractivity contribution is 7.92. The molecule has 0 unspecified atom stereocenters. The second kappa shape index (κ2) is 16.6. The number of rotatable bonds is 14. The first-order valence-corrected chi connectivity index (χ1v) is 17.3. The third kappa shape index (κ3) is 9.79. The molecule has 5 aromatic carbocycles. The van der Waals surface area contributed by atoms with Gasteiger partial charge in [-0.1, -0.05) is 78.3 Å². The Balaban J connectivity index is 1.14. The number of hydrogen-bond donors (Lipinski definition) is 2. The zero-order chi connectivity index (χ0) is 34.6. The van der Waals surface area contributed by atoms with Gasteiger partial charge in [-0.05, 0) is 96.3 Å². The molecule has 0 saturated heterocycles. The molecule has 0 saturated carbocycles. The van der Waals surface area contributed by atoms with Crippen LogP contribution in [0.25, 0.3) is 0 Å². The molecule has 0 radical (unpaired) electrons. The molecule has 5 rings (SSSR count). The molecule has 11 heteroatoms. The van der Waals surface area contributed by atoms with Gasteiger partial charge in [-0.3, -0.25) is 13.9 Å². The number of amides is 2. The molecule has 0 aromatic heterocycles. The number of halogens is 1. The van der Waals surface area contributed by atoms with Gasteiger partial charge in [0.05, 0.1) is 23.3 Å². The Bertz CT molecular complexity index is 2010. The molecule has 0 heterocycles. The number of ether oxygens (including phenoxy) is 1. The van der Waals surface area contributed by atoms with Crippen LogP contribution in [-0.2, 0) is 27.8 Å². The summed E-state index contributed by atoms with van der Waals surface area (Å²) in [6, 6.07) is 36.8. The van der Waals surface area contributed by atoms with Crippen molar-refractivity contribution in [2.45, 2.75) is 24.8 Å². The van der Waals surface area contributed by atoms with E-state index in [1.165, 1.54) is 10.5 Å². The van der Waals surface area contributed by atoms with E-state index in [2.05, 4.69) is 15.8 Å². The highest BCUT2D eigenvalue weighted by Gasteiger charge is 2.26. The highest BCUT2D eigenvalue weighted by Crippen LogP contribution is 2.31. The number of anilines is 1. The van der Waals surface area contributed by atoms with Gasteiger partial charge in [0.25, 0.3) is 21.8 Å². The van der Waals surface area contributed by atoms with Crippen LogP contribution in [0.4, 0.5) is 5.69 Å². The van der Waals surface area contributed by atoms with Crippen LogP contribution in [0.2, 0.25) is 5.02 Å². The Kier molecular flexibility index (Phi) is 11.8. The first-order valence-electron chi connectivity index (χ1n) is 15.5. The Morgan fingerprint density at radius 1 is 0.837 bits per heavy atom. The predicted molar refractivity (Wildman–Crippen MR) is 193 cm³/mol. The molecule has 0 aliphatic rings. The Morgan fingerprint density at radius 3 is 2.20 bits per heavy atom. The van der Waals surface area contributed by atoms with Gasteiger partial charge < -0.3 is 10.1 Å². The maximum Gasteiger partial charge on any atom is 0.271 e. The SMILES string of the molecule is Cc1ccc(Cl)cc1N(Cc1ccc(C(=O)N/N=C\c2ccc(OCC(=O)NCCc3ccccc3)cc2)cc1)S(=O)(=O)c1ccccc1. The molecular formula is C38H35ClN4O5S. The van der Waals surface area contributed by atoms with Gasteiger partial charge in [0, 0.05) is 17.1 Å². The molecule has 0 bridgehead atoms. The summed E-state index contributed by atoms with van der Waals surface area (Å²) in [6.07, 6.45) is 2.24. The number of nitrogens with one attached hydrogen (secondary N) is 2. The molecule has 2 amide bonds. The summed E-state index contributed by atoms with van der Waals surface area (Å²) in [6.45, 7) is 2.28. The van der Waals surface area contributed by atoms with Crippen LogP contribution >= 0.6 is 11.6 Å². The predicted octanol–water partition coefficient (Wildman–Crippen LogP) is 6.55. The molecule has 2 N–H and O–H groups in total. The van der Waals surface area contributed by atoms with Crippen molar-refractivity contribution in [3.63, 3.8) is 0 Å². The lowest BCUT2D eigenvalue weighted by atomic mass is 10.1. The number of nitrogens with zero attached hydrogens (tertiary/aromatic N) is 2. The van der Waals surface area contributed by atoms with E-state index >= 15 is 0 Å². The van der Waals surface area contributed by atoms with Gasteiger partial charge >= 0.3 is 0 Å². The first-order chi connectivity index (χ1) is 23.7. The molecule has 0 aliphatic heterocycles. The quantitative estimate of drug-likeness (QED) is 0.101. The van der Waals surface area contributed by atoms with E-state index in [4.69, 9.17) is 16.3 Å². The van der Waals surface area contributed by atoms with Crippen LogP contribution in [-0.4, -0.2) is 39.6 Å². The Morgan fingerprint density at radius 2 is 1.51 bits per heavy atom. The minimum absolute atomic E-state index is 0.0249. The van der Waals surface area contributed by atoms with Crippen LogP contribution in [0.5, 0.6) is 5.75 Å². The lowest BCUT2D eigenvalue weighted by Gasteiger charge is -2.26. The van der Waals surface area contributed by atoms with Gasteiger partial charge in [-0.15, -0.1) is 0 Å². The zero-order valence-electron chi connectivity index (χ0n) is 26.8. The number of carbonyl (C=O) groups is 2. The van der Waals surface area contributed by atoms with Crippen LogP contribution in [0.3, 0.4) is 0 Å². The monoisotopic (exact) mass is 694 g/mol. The fraction of sp³-hybridized carbons (Fsp3) is 0.132. The van der Waals surface area contributed by atoms with E-state index < -0.39 is 15.9 Å². The topological polar surface area (TPSA) is 117 Å². The summed E-state index contributed by atoms with van der Waals surface area (Å²) in [4.78, 5) is 25.0. The maximum absolute atomic E-state index is 13.7. The number of carbonyl (C=O) groups excluding carboxylic acids is 2.